The highest BCUT2D eigenvalue weighted by Crippen LogP contribution is 2.44. The summed E-state index contributed by atoms with van der Waals surface area (Å²) in [6, 6.07) is 12.0. The first kappa shape index (κ1) is 22.0. The lowest BCUT2D eigenvalue weighted by Gasteiger charge is -2.27. The van der Waals surface area contributed by atoms with E-state index in [1.807, 2.05) is 6.07 Å². The number of hydrogen-bond acceptors (Lipinski definition) is 6. The molecule has 0 saturated carbocycles. The molecule has 2 atom stereocenters. The standard InChI is InChI=1S/C25H18ClFN8O/c1-2-25(27)10-18(33(13-25)23-19-15(11-28)12-29-21(19)30-14-31-23)22-32-34-9-8-17(26)20(34)24(36)35(22)16-6-4-3-5-7-16/h2-9,12,14,18H,1,10,13H2,(H,29,30,31)/t18-,25?/m0/s1. The van der Waals surface area contributed by atoms with E-state index in [4.69, 9.17) is 16.7 Å². The van der Waals surface area contributed by atoms with E-state index >= 15 is 4.39 Å². The van der Waals surface area contributed by atoms with Crippen LogP contribution in [-0.2, 0) is 0 Å². The first-order valence-corrected chi connectivity index (χ1v) is 11.5. The van der Waals surface area contributed by atoms with Crippen molar-refractivity contribution in [1.82, 2.24) is 29.1 Å². The molecule has 5 heterocycles. The molecule has 1 aromatic carbocycles. The van der Waals surface area contributed by atoms with E-state index in [9.17, 15) is 10.1 Å². The van der Waals surface area contributed by atoms with E-state index in [1.165, 1.54) is 27.7 Å². The maximum atomic E-state index is 16.0. The lowest BCUT2D eigenvalue weighted by atomic mass is 10.0. The zero-order valence-corrected chi connectivity index (χ0v) is 19.5. The van der Waals surface area contributed by atoms with Crippen LogP contribution in [0.2, 0.25) is 5.02 Å². The number of halogens is 2. The van der Waals surface area contributed by atoms with Crippen LogP contribution >= 0.6 is 11.6 Å². The third-order valence-corrected chi connectivity index (χ3v) is 6.83. The third kappa shape index (κ3) is 3.21. The van der Waals surface area contributed by atoms with Gasteiger partial charge in [0.15, 0.2) is 5.82 Å². The monoisotopic (exact) mass is 500 g/mol. The minimum Gasteiger partial charge on any atom is -0.345 e. The minimum absolute atomic E-state index is 0.0336. The van der Waals surface area contributed by atoms with Gasteiger partial charge in [-0.2, -0.15) is 10.4 Å². The summed E-state index contributed by atoms with van der Waals surface area (Å²) in [5, 5.41) is 15.1. The summed E-state index contributed by atoms with van der Waals surface area (Å²) in [6.07, 6.45) is 5.71. The van der Waals surface area contributed by atoms with Crippen molar-refractivity contribution in [2.45, 2.75) is 18.1 Å². The molecule has 1 aliphatic heterocycles. The summed E-state index contributed by atoms with van der Waals surface area (Å²) in [5.74, 6) is 0.664. The Bertz CT molecular complexity index is 1750. The zero-order valence-electron chi connectivity index (χ0n) is 18.8. The second-order valence-electron chi connectivity index (χ2n) is 8.61. The van der Waals surface area contributed by atoms with E-state index in [0.717, 1.165) is 0 Å². The summed E-state index contributed by atoms with van der Waals surface area (Å²) in [4.78, 5) is 27.1. The molecular weight excluding hydrogens is 483 g/mol. The molecule has 1 unspecified atom stereocenters. The molecule has 1 fully saturated rings. The van der Waals surface area contributed by atoms with Gasteiger partial charge in [-0.3, -0.25) is 9.36 Å². The van der Waals surface area contributed by atoms with Gasteiger partial charge in [0.05, 0.1) is 34.2 Å². The normalized spacial score (nSPS) is 19.7. The molecule has 5 aromatic rings. The van der Waals surface area contributed by atoms with Crippen molar-refractivity contribution in [2.24, 2.45) is 0 Å². The fraction of sp³-hybridized carbons (Fsp3) is 0.160. The number of anilines is 1. The molecule has 0 aliphatic carbocycles. The number of H-pyrrole nitrogens is 1. The van der Waals surface area contributed by atoms with Crippen LogP contribution in [0.3, 0.4) is 0 Å². The van der Waals surface area contributed by atoms with Gasteiger partial charge in [-0.25, -0.2) is 18.9 Å². The first-order valence-electron chi connectivity index (χ1n) is 11.1. The van der Waals surface area contributed by atoms with Gasteiger partial charge in [-0.05, 0) is 18.2 Å². The molecule has 1 aliphatic rings. The summed E-state index contributed by atoms with van der Waals surface area (Å²) in [6.45, 7) is 3.60. The summed E-state index contributed by atoms with van der Waals surface area (Å²) < 4.78 is 18.8. The number of aromatic amines is 1. The number of fused-ring (bicyclic) bond motifs is 2. The molecular formula is C25H18ClFN8O. The fourth-order valence-corrected chi connectivity index (χ4v) is 5.06. The van der Waals surface area contributed by atoms with E-state index in [1.54, 1.807) is 41.4 Å². The smallest absolute Gasteiger partial charge is 0.284 e. The van der Waals surface area contributed by atoms with Crippen LogP contribution in [0.15, 0.2) is 72.6 Å². The Morgan fingerprint density at radius 1 is 1.28 bits per heavy atom. The van der Waals surface area contributed by atoms with Crippen molar-refractivity contribution in [1.29, 1.82) is 5.26 Å². The van der Waals surface area contributed by atoms with Gasteiger partial charge < -0.3 is 9.88 Å². The Balaban J connectivity index is 1.65. The van der Waals surface area contributed by atoms with E-state index in [-0.39, 0.29) is 29.1 Å². The summed E-state index contributed by atoms with van der Waals surface area (Å²) >= 11 is 6.32. The number of nitriles is 1. The lowest BCUT2D eigenvalue weighted by Crippen LogP contribution is -2.33. The number of para-hydroxylation sites is 1. The molecule has 0 spiro atoms. The quantitative estimate of drug-likeness (QED) is 0.372. The van der Waals surface area contributed by atoms with Crippen molar-refractivity contribution < 1.29 is 4.39 Å². The molecule has 1 saturated heterocycles. The Kier molecular flexibility index (Phi) is 4.91. The molecule has 0 amide bonds. The predicted octanol–water partition coefficient (Wildman–Crippen LogP) is 4.13. The highest BCUT2D eigenvalue weighted by molar-refractivity contribution is 6.33. The zero-order chi connectivity index (χ0) is 25.0. The Morgan fingerprint density at radius 2 is 2.08 bits per heavy atom. The molecule has 1 N–H and O–H groups in total. The van der Waals surface area contributed by atoms with Crippen molar-refractivity contribution >= 4 is 34.0 Å². The maximum absolute atomic E-state index is 16.0. The minimum atomic E-state index is -1.80. The highest BCUT2D eigenvalue weighted by atomic mass is 35.5. The van der Waals surface area contributed by atoms with E-state index in [0.29, 0.717) is 33.9 Å². The number of hydrogen-bond donors (Lipinski definition) is 1. The Morgan fingerprint density at radius 3 is 2.83 bits per heavy atom. The molecule has 36 heavy (non-hydrogen) atoms. The number of nitrogens with zero attached hydrogens (tertiary/aromatic N) is 7. The first-order chi connectivity index (χ1) is 17.4. The number of rotatable bonds is 4. The van der Waals surface area contributed by atoms with Crippen LogP contribution in [0.1, 0.15) is 23.9 Å². The molecule has 6 rings (SSSR count). The van der Waals surface area contributed by atoms with Crippen LogP contribution < -0.4 is 10.5 Å². The Labute approximate surface area is 208 Å². The summed E-state index contributed by atoms with van der Waals surface area (Å²) in [7, 11) is 0. The van der Waals surface area contributed by atoms with Gasteiger partial charge in [-0.1, -0.05) is 42.5 Å². The van der Waals surface area contributed by atoms with Crippen molar-refractivity contribution in [2.75, 3.05) is 11.4 Å². The molecule has 9 nitrogen and oxygen atoms in total. The van der Waals surface area contributed by atoms with Gasteiger partial charge in [0.1, 0.15) is 35.0 Å². The molecule has 178 valence electrons. The summed E-state index contributed by atoms with van der Waals surface area (Å²) in [5.41, 5.74) is -0.629. The van der Waals surface area contributed by atoms with Gasteiger partial charge in [0.2, 0.25) is 0 Å². The second kappa shape index (κ2) is 8.03. The van der Waals surface area contributed by atoms with Crippen molar-refractivity contribution in [3.8, 4) is 11.8 Å². The van der Waals surface area contributed by atoms with Crippen LogP contribution in [0.4, 0.5) is 10.2 Å². The molecule has 0 bridgehead atoms. The Hall–Kier alpha value is -4.49. The van der Waals surface area contributed by atoms with Gasteiger partial charge in [0, 0.05) is 18.8 Å². The molecule has 0 radical (unpaired) electrons. The fourth-order valence-electron chi connectivity index (χ4n) is 4.83. The van der Waals surface area contributed by atoms with Gasteiger partial charge in [0.25, 0.3) is 5.56 Å². The SMILES string of the molecule is C=CC1(F)C[C@@H](c2nn3ccc(Cl)c3c(=O)n2-c2ccccc2)N(c2ncnc3[nH]cc(C#N)c23)C1. The van der Waals surface area contributed by atoms with Crippen LogP contribution in [0.5, 0.6) is 0 Å². The van der Waals surface area contributed by atoms with Gasteiger partial charge in [-0.15, -0.1) is 0 Å². The predicted molar refractivity (Wildman–Crippen MR) is 133 cm³/mol. The van der Waals surface area contributed by atoms with Gasteiger partial charge >= 0.3 is 0 Å². The average Bonchev–Trinajstić information content (AvgIpc) is 3.59. The number of benzene rings is 1. The number of aromatic nitrogens is 6. The van der Waals surface area contributed by atoms with E-state index < -0.39 is 11.7 Å². The number of alkyl halides is 1. The highest BCUT2D eigenvalue weighted by Gasteiger charge is 2.46. The molecule has 11 heteroatoms. The van der Waals surface area contributed by atoms with E-state index in [2.05, 4.69) is 27.6 Å². The third-order valence-electron chi connectivity index (χ3n) is 6.53. The molecule has 4 aromatic heterocycles. The second-order valence-corrected chi connectivity index (χ2v) is 9.02. The average molecular weight is 501 g/mol. The maximum Gasteiger partial charge on any atom is 0.284 e. The van der Waals surface area contributed by atoms with Crippen molar-refractivity contribution in [3.05, 3.63) is 94.5 Å². The van der Waals surface area contributed by atoms with Crippen LogP contribution in [0, 0.1) is 11.3 Å². The van der Waals surface area contributed by atoms with Crippen LogP contribution in [0.25, 0.3) is 22.2 Å². The number of nitrogens with one attached hydrogen (secondary N) is 1. The van der Waals surface area contributed by atoms with Crippen LogP contribution in [-0.4, -0.2) is 41.3 Å². The topological polar surface area (TPSA) is 108 Å². The van der Waals surface area contributed by atoms with Crippen molar-refractivity contribution in [3.63, 3.8) is 0 Å². The lowest BCUT2D eigenvalue weighted by molar-refractivity contribution is 0.254. The largest absolute Gasteiger partial charge is 0.345 e.